The lowest BCUT2D eigenvalue weighted by atomic mass is 10.0. The molecule has 1 rings (SSSR count). The van der Waals surface area contributed by atoms with E-state index in [1.165, 1.54) is 6.42 Å². The summed E-state index contributed by atoms with van der Waals surface area (Å²) in [6.45, 7) is 0. The third-order valence-corrected chi connectivity index (χ3v) is 1.94. The highest BCUT2D eigenvalue weighted by Gasteiger charge is 1.99. The molecule has 0 unspecified atom stereocenters. The molecule has 0 saturated carbocycles. The van der Waals surface area contributed by atoms with Crippen molar-refractivity contribution in [2.45, 2.75) is 12.8 Å². The van der Waals surface area contributed by atoms with Crippen LogP contribution in [0, 0.1) is 5.92 Å². The van der Waals surface area contributed by atoms with Crippen molar-refractivity contribution < 1.29 is 0 Å². The van der Waals surface area contributed by atoms with Crippen molar-refractivity contribution in [2.75, 3.05) is 5.33 Å². The number of alkyl halides is 1. The fraction of sp³-hybridized carbons (Fsp3) is 0.500. The molecule has 0 aromatic rings. The van der Waals surface area contributed by atoms with E-state index in [1.807, 2.05) is 0 Å². The molecule has 50 valence electrons. The van der Waals surface area contributed by atoms with Gasteiger partial charge in [0.2, 0.25) is 0 Å². The molecule has 0 aromatic carbocycles. The maximum absolute atomic E-state index is 3.42. The van der Waals surface area contributed by atoms with Crippen molar-refractivity contribution in [3.05, 3.63) is 24.3 Å². The molecule has 0 bridgehead atoms. The maximum atomic E-state index is 3.42. The van der Waals surface area contributed by atoms with E-state index >= 15 is 0 Å². The highest BCUT2D eigenvalue weighted by molar-refractivity contribution is 9.09. The number of rotatable bonds is 2. The minimum atomic E-state index is 0.693. The first-order valence-electron chi connectivity index (χ1n) is 3.33. The second-order valence-corrected chi connectivity index (χ2v) is 3.03. The van der Waals surface area contributed by atoms with Gasteiger partial charge in [0.25, 0.3) is 0 Å². The molecule has 9 heavy (non-hydrogen) atoms. The molecule has 0 radical (unpaired) electrons. The lowest BCUT2D eigenvalue weighted by molar-refractivity contribution is 0.772. The fourth-order valence-corrected chi connectivity index (χ4v) is 1.50. The van der Waals surface area contributed by atoms with Crippen molar-refractivity contribution in [2.24, 2.45) is 5.92 Å². The van der Waals surface area contributed by atoms with E-state index in [1.54, 1.807) is 0 Å². The predicted octanol–water partition coefficient (Wildman–Crippen LogP) is 2.90. The van der Waals surface area contributed by atoms with Gasteiger partial charge in [0.1, 0.15) is 0 Å². The van der Waals surface area contributed by atoms with Crippen molar-refractivity contribution in [3.63, 3.8) is 0 Å². The van der Waals surface area contributed by atoms with Gasteiger partial charge in [-0.1, -0.05) is 40.2 Å². The summed E-state index contributed by atoms with van der Waals surface area (Å²) in [7, 11) is 0. The summed E-state index contributed by atoms with van der Waals surface area (Å²) in [6.07, 6.45) is 11.4. The molecule has 0 fully saturated rings. The molecule has 0 N–H and O–H groups in total. The van der Waals surface area contributed by atoms with Gasteiger partial charge >= 0.3 is 0 Å². The van der Waals surface area contributed by atoms with Crippen LogP contribution in [0.3, 0.4) is 0 Å². The second-order valence-electron chi connectivity index (χ2n) is 2.23. The highest BCUT2D eigenvalue weighted by Crippen LogP contribution is 2.13. The molecule has 1 aliphatic rings. The van der Waals surface area contributed by atoms with E-state index in [2.05, 4.69) is 40.2 Å². The van der Waals surface area contributed by atoms with Crippen molar-refractivity contribution in [1.82, 2.24) is 0 Å². The summed E-state index contributed by atoms with van der Waals surface area (Å²) in [5.74, 6) is 0.693. The second kappa shape index (κ2) is 3.89. The fourth-order valence-electron chi connectivity index (χ4n) is 0.968. The summed E-state index contributed by atoms with van der Waals surface area (Å²) in [5.41, 5.74) is 0. The number of hydrogen-bond donors (Lipinski definition) is 0. The van der Waals surface area contributed by atoms with Crippen LogP contribution in [0.5, 0.6) is 0 Å². The molecule has 1 aliphatic carbocycles. The topological polar surface area (TPSA) is 0 Å². The van der Waals surface area contributed by atoms with Crippen LogP contribution < -0.4 is 0 Å². The first-order valence-corrected chi connectivity index (χ1v) is 4.45. The van der Waals surface area contributed by atoms with Crippen LogP contribution in [0.4, 0.5) is 0 Å². The number of halogens is 1. The summed E-state index contributed by atoms with van der Waals surface area (Å²) in [6, 6.07) is 0. The highest BCUT2D eigenvalue weighted by atomic mass is 79.9. The number of hydrogen-bond acceptors (Lipinski definition) is 0. The molecule has 0 amide bonds. The minimum Gasteiger partial charge on any atom is -0.0928 e. The van der Waals surface area contributed by atoms with Gasteiger partial charge in [-0.3, -0.25) is 0 Å². The van der Waals surface area contributed by atoms with E-state index in [9.17, 15) is 0 Å². The van der Waals surface area contributed by atoms with Crippen LogP contribution in [0.25, 0.3) is 0 Å². The smallest absolute Gasteiger partial charge is 0.00398 e. The zero-order valence-electron chi connectivity index (χ0n) is 5.39. The Bertz CT molecular complexity index is 113. The number of allylic oxidation sites excluding steroid dienone is 4. The third kappa shape index (κ3) is 2.35. The average Bonchev–Trinajstić information content (AvgIpc) is 1.91. The van der Waals surface area contributed by atoms with Crippen molar-refractivity contribution >= 4 is 15.9 Å². The van der Waals surface area contributed by atoms with Crippen LogP contribution in [0.15, 0.2) is 24.3 Å². The lowest BCUT2D eigenvalue weighted by Gasteiger charge is -2.07. The molecule has 0 spiro atoms. The molecule has 1 heteroatoms. The van der Waals surface area contributed by atoms with Crippen LogP contribution >= 0.6 is 15.9 Å². The SMILES string of the molecule is BrCCC1C=CCC=C1. The zero-order chi connectivity index (χ0) is 6.53. The van der Waals surface area contributed by atoms with Crippen LogP contribution in [-0.4, -0.2) is 5.33 Å². The van der Waals surface area contributed by atoms with Gasteiger partial charge in [-0.15, -0.1) is 0 Å². The van der Waals surface area contributed by atoms with Gasteiger partial charge in [0.05, 0.1) is 0 Å². The first kappa shape index (κ1) is 7.07. The molecular weight excluding hydrogens is 176 g/mol. The summed E-state index contributed by atoms with van der Waals surface area (Å²) in [5, 5.41) is 1.10. The lowest BCUT2D eigenvalue weighted by Crippen LogP contribution is -1.94. The van der Waals surface area contributed by atoms with Crippen LogP contribution in [-0.2, 0) is 0 Å². The Morgan fingerprint density at radius 1 is 1.33 bits per heavy atom. The van der Waals surface area contributed by atoms with Gasteiger partial charge < -0.3 is 0 Å². The molecule has 0 aromatic heterocycles. The largest absolute Gasteiger partial charge is 0.0928 e. The molecular formula is C8H11Br. The van der Waals surface area contributed by atoms with E-state index in [-0.39, 0.29) is 0 Å². The predicted molar refractivity (Wildman–Crippen MR) is 44.8 cm³/mol. The van der Waals surface area contributed by atoms with Gasteiger partial charge in [0.15, 0.2) is 0 Å². The Kier molecular flexibility index (Phi) is 3.05. The maximum Gasteiger partial charge on any atom is 0.00398 e. The third-order valence-electron chi connectivity index (χ3n) is 1.48. The Morgan fingerprint density at radius 3 is 2.56 bits per heavy atom. The minimum absolute atomic E-state index is 0.693. The van der Waals surface area contributed by atoms with Gasteiger partial charge in [-0.25, -0.2) is 0 Å². The quantitative estimate of drug-likeness (QED) is 0.460. The monoisotopic (exact) mass is 186 g/mol. The van der Waals surface area contributed by atoms with E-state index in [0.717, 1.165) is 11.8 Å². The molecule has 0 aliphatic heterocycles. The Labute approximate surface area is 64.8 Å². The molecule has 0 atom stereocenters. The summed E-state index contributed by atoms with van der Waals surface area (Å²) in [4.78, 5) is 0. The molecule has 0 saturated heterocycles. The van der Waals surface area contributed by atoms with Crippen LogP contribution in [0.2, 0.25) is 0 Å². The zero-order valence-corrected chi connectivity index (χ0v) is 6.97. The van der Waals surface area contributed by atoms with Crippen LogP contribution in [0.1, 0.15) is 12.8 Å². The van der Waals surface area contributed by atoms with E-state index in [0.29, 0.717) is 5.92 Å². The van der Waals surface area contributed by atoms with E-state index in [4.69, 9.17) is 0 Å². The van der Waals surface area contributed by atoms with Gasteiger partial charge in [0, 0.05) is 5.33 Å². The molecule has 0 heterocycles. The average molecular weight is 187 g/mol. The van der Waals surface area contributed by atoms with Crippen molar-refractivity contribution in [3.8, 4) is 0 Å². The molecule has 0 nitrogen and oxygen atoms in total. The first-order chi connectivity index (χ1) is 4.43. The van der Waals surface area contributed by atoms with E-state index < -0.39 is 0 Å². The Hall–Kier alpha value is -0.0400. The van der Waals surface area contributed by atoms with Gasteiger partial charge in [-0.05, 0) is 18.8 Å². The Balaban J connectivity index is 2.31. The van der Waals surface area contributed by atoms with Gasteiger partial charge in [-0.2, -0.15) is 0 Å². The Morgan fingerprint density at radius 2 is 2.00 bits per heavy atom. The van der Waals surface area contributed by atoms with Crippen molar-refractivity contribution in [1.29, 1.82) is 0 Å². The standard InChI is InChI=1S/C8H11Br/c9-7-6-8-4-2-1-3-5-8/h2-5,8H,1,6-7H2. The summed E-state index contributed by atoms with van der Waals surface area (Å²) >= 11 is 3.42. The summed E-state index contributed by atoms with van der Waals surface area (Å²) < 4.78 is 0. The normalized spacial score (nSPS) is 18.8.